The molecule has 1 atom stereocenters. The second-order valence-corrected chi connectivity index (χ2v) is 9.97. The summed E-state index contributed by atoms with van der Waals surface area (Å²) in [5.74, 6) is 0.0803. The van der Waals surface area contributed by atoms with Gasteiger partial charge in [0.25, 0.3) is 0 Å². The molecule has 0 aromatic heterocycles. The van der Waals surface area contributed by atoms with Gasteiger partial charge < -0.3 is 15.0 Å². The molecule has 8 heteroatoms. The summed E-state index contributed by atoms with van der Waals surface area (Å²) in [5.41, 5.74) is 4.12. The number of benzene rings is 1. The number of carbonyl (C=O) groups excluding carboxylic acids is 3. The van der Waals surface area contributed by atoms with E-state index in [2.05, 4.69) is 10.2 Å². The summed E-state index contributed by atoms with van der Waals surface area (Å²) >= 11 is 0. The lowest BCUT2D eigenvalue weighted by atomic mass is 9.84. The van der Waals surface area contributed by atoms with Crippen molar-refractivity contribution in [2.75, 3.05) is 46.4 Å². The van der Waals surface area contributed by atoms with Gasteiger partial charge in [0.1, 0.15) is 0 Å². The highest BCUT2D eigenvalue weighted by Gasteiger charge is 2.38. The molecule has 35 heavy (non-hydrogen) atoms. The fourth-order valence-corrected chi connectivity index (χ4v) is 5.18. The van der Waals surface area contributed by atoms with Crippen LogP contribution in [-0.4, -0.2) is 79.0 Å². The Labute approximate surface area is 208 Å². The Morgan fingerprint density at radius 1 is 1.09 bits per heavy atom. The molecule has 3 amide bonds. The Bertz CT molecular complexity index is 1020. The number of nitrogens with one attached hydrogen (secondary N) is 1. The van der Waals surface area contributed by atoms with Crippen LogP contribution < -0.4 is 5.32 Å². The van der Waals surface area contributed by atoms with Crippen molar-refractivity contribution >= 4 is 17.9 Å². The number of carbonyl (C=O) groups is 3. The van der Waals surface area contributed by atoms with Gasteiger partial charge in [0.15, 0.2) is 0 Å². The molecule has 3 aliphatic rings. The summed E-state index contributed by atoms with van der Waals surface area (Å²) < 4.78 is 5.48. The second kappa shape index (κ2) is 10.8. The molecule has 2 heterocycles. The Kier molecular flexibility index (Phi) is 7.79. The number of esters is 1. The van der Waals surface area contributed by atoms with Gasteiger partial charge >= 0.3 is 12.0 Å². The van der Waals surface area contributed by atoms with Crippen LogP contribution in [0.5, 0.6) is 0 Å². The topological polar surface area (TPSA) is 82.2 Å². The molecular formula is C27H38N4O4. The normalized spacial score (nSPS) is 21.9. The number of urea groups is 1. The summed E-state index contributed by atoms with van der Waals surface area (Å²) in [6, 6.07) is 5.25. The maximum atomic E-state index is 13.3. The Hall–Kier alpha value is -2.87. The molecule has 1 aromatic rings. The van der Waals surface area contributed by atoms with Crippen LogP contribution in [0.2, 0.25) is 0 Å². The molecule has 1 saturated carbocycles. The van der Waals surface area contributed by atoms with Crippen molar-refractivity contribution < 1.29 is 19.1 Å². The molecule has 0 radical (unpaired) electrons. The number of aryl methyl sites for hydroxylation is 2. The minimum absolute atomic E-state index is 0.200. The molecule has 1 saturated heterocycles. The smallest absolute Gasteiger partial charge is 0.338 e. The number of nitrogens with zero attached hydrogens (tertiary/aromatic N) is 3. The van der Waals surface area contributed by atoms with Gasteiger partial charge in [-0.15, -0.1) is 0 Å². The van der Waals surface area contributed by atoms with Gasteiger partial charge in [0.05, 0.1) is 18.2 Å². The van der Waals surface area contributed by atoms with Crippen molar-refractivity contribution in [1.29, 1.82) is 0 Å². The van der Waals surface area contributed by atoms with Gasteiger partial charge in [-0.05, 0) is 51.2 Å². The van der Waals surface area contributed by atoms with Gasteiger partial charge in [-0.25, -0.2) is 9.59 Å². The molecule has 2 aliphatic heterocycles. The summed E-state index contributed by atoms with van der Waals surface area (Å²) in [7, 11) is 1.70. The lowest BCUT2D eigenvalue weighted by Crippen LogP contribution is -2.49. The first kappa shape index (κ1) is 25.2. The molecule has 1 aromatic carbocycles. The summed E-state index contributed by atoms with van der Waals surface area (Å²) in [6.07, 6.45) is 4.04. The highest BCUT2D eigenvalue weighted by Crippen LogP contribution is 2.34. The van der Waals surface area contributed by atoms with E-state index >= 15 is 0 Å². The summed E-state index contributed by atoms with van der Waals surface area (Å²) in [5, 5.41) is 3.02. The number of hydrogen-bond acceptors (Lipinski definition) is 5. The Morgan fingerprint density at radius 3 is 2.54 bits per heavy atom. The van der Waals surface area contributed by atoms with E-state index < -0.39 is 12.0 Å². The van der Waals surface area contributed by atoms with Crippen LogP contribution in [0.25, 0.3) is 0 Å². The molecule has 190 valence electrons. The number of ether oxygens (including phenoxy) is 1. The average Bonchev–Trinajstić information content (AvgIpc) is 3.03. The first-order valence-electron chi connectivity index (χ1n) is 12.8. The van der Waals surface area contributed by atoms with Gasteiger partial charge in [0, 0.05) is 51.4 Å². The van der Waals surface area contributed by atoms with Crippen LogP contribution >= 0.6 is 0 Å². The predicted octanol–water partition coefficient (Wildman–Crippen LogP) is 3.15. The number of likely N-dealkylation sites (N-methyl/N-ethyl adjacent to an activating group) is 1. The van der Waals surface area contributed by atoms with Crippen LogP contribution in [0.15, 0.2) is 29.5 Å². The second-order valence-electron chi connectivity index (χ2n) is 9.97. The zero-order valence-corrected chi connectivity index (χ0v) is 21.4. The minimum atomic E-state index is -0.573. The first-order chi connectivity index (χ1) is 16.8. The SMILES string of the molecule is CCOC(=O)C1=C(CN2CCCN(C(=O)C3CCC3)CC2)N(C)C(=O)N[C@@H]1c1cc(C)ccc1C. The van der Waals surface area contributed by atoms with Crippen LogP contribution in [0.4, 0.5) is 4.79 Å². The molecule has 4 rings (SSSR count). The Balaban J connectivity index is 1.63. The highest BCUT2D eigenvalue weighted by molar-refractivity contribution is 5.95. The van der Waals surface area contributed by atoms with E-state index in [4.69, 9.17) is 4.74 Å². The predicted molar refractivity (Wildman–Crippen MR) is 134 cm³/mol. The van der Waals surface area contributed by atoms with Crippen LogP contribution in [-0.2, 0) is 14.3 Å². The van der Waals surface area contributed by atoms with Gasteiger partial charge in [-0.2, -0.15) is 0 Å². The fraction of sp³-hybridized carbons (Fsp3) is 0.593. The van der Waals surface area contributed by atoms with Crippen LogP contribution in [0.3, 0.4) is 0 Å². The molecule has 0 bridgehead atoms. The van der Waals surface area contributed by atoms with Crippen molar-refractivity contribution in [3.8, 4) is 0 Å². The molecular weight excluding hydrogens is 444 g/mol. The van der Waals surface area contributed by atoms with E-state index in [1.807, 2.05) is 36.9 Å². The van der Waals surface area contributed by atoms with E-state index in [0.29, 0.717) is 30.9 Å². The van der Waals surface area contributed by atoms with Gasteiger partial charge in [0.2, 0.25) is 5.91 Å². The number of amides is 3. The first-order valence-corrected chi connectivity index (χ1v) is 12.8. The standard InChI is InChI=1S/C27H38N4O4/c1-5-35-26(33)23-22(17-30-12-7-13-31(15-14-30)25(32)20-8-6-9-20)29(4)27(34)28-24(23)21-16-18(2)10-11-19(21)3/h10-11,16,20,24H,5-9,12-15,17H2,1-4H3,(H,28,34)/t24-/m1/s1. The number of rotatable bonds is 6. The quantitative estimate of drug-likeness (QED) is 0.630. The van der Waals surface area contributed by atoms with E-state index in [-0.39, 0.29) is 24.5 Å². The van der Waals surface area contributed by atoms with Crippen molar-refractivity contribution in [2.45, 2.75) is 52.5 Å². The zero-order valence-electron chi connectivity index (χ0n) is 21.4. The van der Waals surface area contributed by atoms with E-state index in [1.54, 1.807) is 14.0 Å². The molecule has 0 spiro atoms. The third-order valence-electron chi connectivity index (χ3n) is 7.55. The third kappa shape index (κ3) is 5.37. The summed E-state index contributed by atoms with van der Waals surface area (Å²) in [6.45, 7) is 9.44. The van der Waals surface area contributed by atoms with Crippen molar-refractivity contribution in [2.24, 2.45) is 5.92 Å². The maximum Gasteiger partial charge on any atom is 0.338 e. The number of hydrogen-bond donors (Lipinski definition) is 1. The maximum absolute atomic E-state index is 13.3. The van der Waals surface area contributed by atoms with E-state index in [9.17, 15) is 14.4 Å². The monoisotopic (exact) mass is 482 g/mol. The molecule has 0 unspecified atom stereocenters. The lowest BCUT2D eigenvalue weighted by Gasteiger charge is -2.37. The molecule has 8 nitrogen and oxygen atoms in total. The largest absolute Gasteiger partial charge is 0.463 e. The van der Waals surface area contributed by atoms with Crippen molar-refractivity contribution in [1.82, 2.24) is 20.0 Å². The molecule has 1 N–H and O–H groups in total. The Morgan fingerprint density at radius 2 is 1.86 bits per heavy atom. The van der Waals surface area contributed by atoms with Gasteiger partial charge in [-0.3, -0.25) is 14.6 Å². The zero-order chi connectivity index (χ0) is 25.1. The fourth-order valence-electron chi connectivity index (χ4n) is 5.18. The van der Waals surface area contributed by atoms with Crippen molar-refractivity contribution in [3.05, 3.63) is 46.2 Å². The molecule has 2 fully saturated rings. The third-order valence-corrected chi connectivity index (χ3v) is 7.55. The van der Waals surface area contributed by atoms with Crippen LogP contribution in [0.1, 0.15) is 55.3 Å². The average molecular weight is 483 g/mol. The van der Waals surface area contributed by atoms with E-state index in [0.717, 1.165) is 55.5 Å². The van der Waals surface area contributed by atoms with Crippen molar-refractivity contribution in [3.63, 3.8) is 0 Å². The van der Waals surface area contributed by atoms with Crippen LogP contribution in [0, 0.1) is 19.8 Å². The lowest BCUT2D eigenvalue weighted by molar-refractivity contribution is -0.139. The summed E-state index contributed by atoms with van der Waals surface area (Å²) in [4.78, 5) is 44.9. The van der Waals surface area contributed by atoms with Gasteiger partial charge in [-0.1, -0.05) is 30.2 Å². The van der Waals surface area contributed by atoms with E-state index in [1.165, 1.54) is 4.90 Å². The highest BCUT2D eigenvalue weighted by atomic mass is 16.5. The molecule has 1 aliphatic carbocycles. The minimum Gasteiger partial charge on any atom is -0.463 e.